The Morgan fingerprint density at radius 1 is 1.09 bits per heavy atom. The minimum atomic E-state index is -1.26. The van der Waals surface area contributed by atoms with Gasteiger partial charge in [-0.25, -0.2) is 14.4 Å². The van der Waals surface area contributed by atoms with Gasteiger partial charge in [0.1, 0.15) is 5.56 Å². The highest BCUT2D eigenvalue weighted by atomic mass is 16.5. The van der Waals surface area contributed by atoms with Gasteiger partial charge in [-0.1, -0.05) is 6.92 Å². The standard InChI is InChI=1S/C20H25N3O4.C4H4O4/c1-11-7-12(21)9-22(8-11)16-6-5-14-17(19(16)27-2)23(13-3-4-13)10-15(18(14)24)20(25)26;5-3(6)1-2-4(7)8/h5-6,10-13H,3-4,7-9,21H2,1-2H3,(H,25,26);1-2H,(H,5,6)(H,7,8)/b;2-1-/t11-,12-;/m0./s1. The molecule has 1 aromatic heterocycles. The van der Waals surface area contributed by atoms with Gasteiger partial charge in [-0.05, 0) is 37.3 Å². The summed E-state index contributed by atoms with van der Waals surface area (Å²) in [7, 11) is 1.60. The Balaban J connectivity index is 0.000000371. The number of nitrogens with zero attached hydrogens (tertiary/aromatic N) is 2. The van der Waals surface area contributed by atoms with Crippen LogP contribution in [0.4, 0.5) is 5.69 Å². The van der Waals surface area contributed by atoms with Gasteiger partial charge in [0.25, 0.3) is 0 Å². The summed E-state index contributed by atoms with van der Waals surface area (Å²) in [4.78, 5) is 45.6. The van der Waals surface area contributed by atoms with Crippen LogP contribution in [-0.2, 0) is 9.59 Å². The summed E-state index contributed by atoms with van der Waals surface area (Å²) in [6.45, 7) is 3.78. The maximum Gasteiger partial charge on any atom is 0.341 e. The number of nitrogens with two attached hydrogens (primary N) is 1. The zero-order chi connectivity index (χ0) is 25.9. The van der Waals surface area contributed by atoms with Gasteiger partial charge in [-0.15, -0.1) is 0 Å². The van der Waals surface area contributed by atoms with Crippen LogP contribution >= 0.6 is 0 Å². The first kappa shape index (κ1) is 25.8. The molecule has 0 bridgehead atoms. The third-order valence-corrected chi connectivity index (χ3v) is 5.90. The molecule has 5 N–H and O–H groups in total. The van der Waals surface area contributed by atoms with Crippen LogP contribution in [-0.4, -0.2) is 64.0 Å². The summed E-state index contributed by atoms with van der Waals surface area (Å²) >= 11 is 0. The molecule has 2 heterocycles. The van der Waals surface area contributed by atoms with Crippen LogP contribution < -0.4 is 20.8 Å². The van der Waals surface area contributed by atoms with Crippen LogP contribution in [0.3, 0.4) is 0 Å². The molecule has 1 aliphatic heterocycles. The normalized spacial score (nSPS) is 19.8. The molecule has 35 heavy (non-hydrogen) atoms. The van der Waals surface area contributed by atoms with Gasteiger partial charge in [0, 0.05) is 43.5 Å². The van der Waals surface area contributed by atoms with Crippen LogP contribution in [0.5, 0.6) is 5.75 Å². The average molecular weight is 488 g/mol. The second kappa shape index (κ2) is 10.6. The van der Waals surface area contributed by atoms with E-state index in [1.807, 2.05) is 10.6 Å². The van der Waals surface area contributed by atoms with Crippen molar-refractivity contribution in [3.8, 4) is 5.75 Å². The van der Waals surface area contributed by atoms with Crippen LogP contribution in [0.15, 0.2) is 35.3 Å². The van der Waals surface area contributed by atoms with E-state index in [0.717, 1.165) is 38.0 Å². The number of anilines is 1. The second-order valence-corrected chi connectivity index (χ2v) is 8.85. The number of hydrogen-bond acceptors (Lipinski definition) is 7. The van der Waals surface area contributed by atoms with E-state index in [0.29, 0.717) is 34.7 Å². The molecular weight excluding hydrogens is 458 g/mol. The highest BCUT2D eigenvalue weighted by Crippen LogP contribution is 2.43. The van der Waals surface area contributed by atoms with Gasteiger partial charge in [-0.3, -0.25) is 4.79 Å². The van der Waals surface area contributed by atoms with Gasteiger partial charge in [0.05, 0.1) is 23.7 Å². The molecule has 4 rings (SSSR count). The maximum atomic E-state index is 12.7. The van der Waals surface area contributed by atoms with E-state index in [-0.39, 0.29) is 17.6 Å². The monoisotopic (exact) mass is 487 g/mol. The number of hydrogen-bond donors (Lipinski definition) is 4. The number of rotatable bonds is 6. The summed E-state index contributed by atoms with van der Waals surface area (Å²) in [6, 6.07) is 3.88. The number of benzene rings is 1. The van der Waals surface area contributed by atoms with Crippen molar-refractivity contribution >= 4 is 34.5 Å². The summed E-state index contributed by atoms with van der Waals surface area (Å²) < 4.78 is 7.68. The van der Waals surface area contributed by atoms with Crippen molar-refractivity contribution in [3.05, 3.63) is 46.3 Å². The van der Waals surface area contributed by atoms with Gasteiger partial charge < -0.3 is 35.3 Å². The molecule has 2 aromatic rings. The number of ether oxygens (including phenoxy) is 1. The number of aromatic nitrogens is 1. The van der Waals surface area contributed by atoms with Gasteiger partial charge in [-0.2, -0.15) is 0 Å². The first-order valence-electron chi connectivity index (χ1n) is 11.2. The molecule has 1 saturated carbocycles. The van der Waals surface area contributed by atoms with Crippen molar-refractivity contribution < 1.29 is 34.4 Å². The fourth-order valence-corrected chi connectivity index (χ4v) is 4.39. The molecule has 0 unspecified atom stereocenters. The van der Waals surface area contributed by atoms with Gasteiger partial charge in [0.2, 0.25) is 5.43 Å². The first-order chi connectivity index (χ1) is 16.5. The minimum absolute atomic E-state index is 0.0918. The van der Waals surface area contributed by atoms with Gasteiger partial charge in [0.15, 0.2) is 5.75 Å². The number of methoxy groups -OCH3 is 1. The number of fused-ring (bicyclic) bond motifs is 1. The van der Waals surface area contributed by atoms with E-state index in [1.54, 1.807) is 13.2 Å². The highest BCUT2D eigenvalue weighted by Gasteiger charge is 2.31. The largest absolute Gasteiger partial charge is 0.492 e. The Hall–Kier alpha value is -3.86. The Kier molecular flexibility index (Phi) is 7.80. The second-order valence-electron chi connectivity index (χ2n) is 8.85. The number of aliphatic carboxylic acids is 2. The molecule has 2 atom stereocenters. The lowest BCUT2D eigenvalue weighted by Gasteiger charge is -2.37. The van der Waals surface area contributed by atoms with E-state index < -0.39 is 23.3 Å². The topological polar surface area (TPSA) is 172 Å². The third kappa shape index (κ3) is 5.99. The Morgan fingerprint density at radius 2 is 1.71 bits per heavy atom. The van der Waals surface area contributed by atoms with Crippen molar-refractivity contribution in [1.82, 2.24) is 4.57 Å². The number of pyridine rings is 1. The summed E-state index contributed by atoms with van der Waals surface area (Å²) in [6.07, 6.45) is 5.51. The fraction of sp³-hybridized carbons (Fsp3) is 0.417. The number of carboxylic acids is 3. The number of aromatic carboxylic acids is 1. The summed E-state index contributed by atoms with van der Waals surface area (Å²) in [5, 5.41) is 25.4. The molecule has 0 amide bonds. The van der Waals surface area contributed by atoms with Crippen LogP contribution in [0.2, 0.25) is 0 Å². The van der Waals surface area contributed by atoms with E-state index >= 15 is 0 Å². The van der Waals surface area contributed by atoms with Gasteiger partial charge >= 0.3 is 17.9 Å². The summed E-state index contributed by atoms with van der Waals surface area (Å²) in [5.41, 5.74) is 7.14. The number of carbonyl (C=O) groups is 3. The predicted octanol–water partition coefficient (Wildman–Crippen LogP) is 1.93. The Morgan fingerprint density at radius 3 is 2.20 bits per heavy atom. The lowest BCUT2D eigenvalue weighted by Crippen LogP contribution is -2.46. The average Bonchev–Trinajstić information content (AvgIpc) is 3.62. The van der Waals surface area contributed by atoms with Crippen molar-refractivity contribution in [3.63, 3.8) is 0 Å². The molecule has 0 spiro atoms. The van der Waals surface area contributed by atoms with Crippen LogP contribution in [0.1, 0.15) is 42.6 Å². The van der Waals surface area contributed by atoms with Crippen molar-refractivity contribution in [1.29, 1.82) is 0 Å². The minimum Gasteiger partial charge on any atom is -0.492 e. The quantitative estimate of drug-likeness (QED) is 0.441. The Bertz CT molecular complexity index is 1210. The van der Waals surface area contributed by atoms with Crippen LogP contribution in [0, 0.1) is 5.92 Å². The SMILES string of the molecule is COc1c(N2C[C@@H](C)C[C@H](N)C2)ccc2c(=O)c(C(=O)O)cn(C3CC3)c12.O=C(O)/C=C\C(=O)O. The lowest BCUT2D eigenvalue weighted by molar-refractivity contribution is -0.134. The smallest absolute Gasteiger partial charge is 0.341 e. The molecule has 2 aliphatic rings. The number of piperidine rings is 1. The molecular formula is C24H29N3O8. The third-order valence-electron chi connectivity index (χ3n) is 5.90. The predicted molar refractivity (Wildman–Crippen MR) is 128 cm³/mol. The molecule has 1 aliphatic carbocycles. The van der Waals surface area contributed by atoms with Crippen molar-refractivity contribution in [2.75, 3.05) is 25.1 Å². The van der Waals surface area contributed by atoms with E-state index in [9.17, 15) is 24.3 Å². The molecule has 1 saturated heterocycles. The van der Waals surface area contributed by atoms with E-state index in [2.05, 4.69) is 11.8 Å². The zero-order valence-corrected chi connectivity index (χ0v) is 19.5. The highest BCUT2D eigenvalue weighted by molar-refractivity contribution is 5.97. The van der Waals surface area contributed by atoms with E-state index in [1.165, 1.54) is 6.20 Å². The fourth-order valence-electron chi connectivity index (χ4n) is 4.39. The molecule has 0 radical (unpaired) electrons. The number of carboxylic acid groups (broad SMARTS) is 3. The zero-order valence-electron chi connectivity index (χ0n) is 19.5. The molecule has 11 nitrogen and oxygen atoms in total. The van der Waals surface area contributed by atoms with E-state index in [4.69, 9.17) is 20.7 Å². The molecule has 188 valence electrons. The molecule has 11 heteroatoms. The molecule has 2 fully saturated rings. The Labute approximate surface area is 201 Å². The summed E-state index contributed by atoms with van der Waals surface area (Å²) in [5.74, 6) is -2.63. The lowest BCUT2D eigenvalue weighted by atomic mass is 9.95. The molecule has 1 aromatic carbocycles. The van der Waals surface area contributed by atoms with Crippen LogP contribution in [0.25, 0.3) is 10.9 Å². The van der Waals surface area contributed by atoms with Crippen molar-refractivity contribution in [2.24, 2.45) is 11.7 Å². The first-order valence-corrected chi connectivity index (χ1v) is 11.2. The van der Waals surface area contributed by atoms with Crippen molar-refractivity contribution in [2.45, 2.75) is 38.3 Å². The maximum absolute atomic E-state index is 12.7.